The molecule has 1 fully saturated rings. The first-order chi connectivity index (χ1) is 16.4. The van der Waals surface area contributed by atoms with Gasteiger partial charge in [0.15, 0.2) is 0 Å². The van der Waals surface area contributed by atoms with Crippen molar-refractivity contribution in [1.82, 2.24) is 25.2 Å². The third kappa shape index (κ3) is 5.03. The molecule has 9 heteroatoms. The molecule has 34 heavy (non-hydrogen) atoms. The standard InChI is InChI=1S/C25H32N6O3/c1-5-31-20(12-13-27-31)24(32)29-23(18-8-6-15(2)7-9-18)25(33)28-21-11-10-19(14-26-21)22-16(3)30-34-17(22)4/h10-15,18,23H,5-9H2,1-4H3,(H,29,32)(H,26,28,33). The summed E-state index contributed by atoms with van der Waals surface area (Å²) in [5, 5.41) is 14.1. The number of aryl methyl sites for hydroxylation is 3. The van der Waals surface area contributed by atoms with Gasteiger partial charge in [0.25, 0.3) is 5.91 Å². The molecule has 1 unspecified atom stereocenters. The van der Waals surface area contributed by atoms with Gasteiger partial charge in [0, 0.05) is 30.1 Å². The monoisotopic (exact) mass is 464 g/mol. The molecule has 0 bridgehead atoms. The number of anilines is 1. The number of rotatable bonds is 7. The minimum Gasteiger partial charge on any atom is -0.361 e. The first-order valence-corrected chi connectivity index (χ1v) is 11.9. The Balaban J connectivity index is 1.51. The number of carbonyl (C=O) groups is 2. The maximum Gasteiger partial charge on any atom is 0.270 e. The summed E-state index contributed by atoms with van der Waals surface area (Å²) in [6, 6.07) is 4.66. The normalized spacial score (nSPS) is 18.9. The summed E-state index contributed by atoms with van der Waals surface area (Å²) in [5.41, 5.74) is 3.01. The number of nitrogens with one attached hydrogen (secondary N) is 2. The molecule has 3 aromatic rings. The Hall–Kier alpha value is -3.49. The molecule has 1 aliphatic rings. The average Bonchev–Trinajstić information content (AvgIpc) is 3.45. The Labute approximate surface area is 199 Å². The predicted octanol–water partition coefficient (Wildman–Crippen LogP) is 4.13. The van der Waals surface area contributed by atoms with E-state index in [4.69, 9.17) is 4.52 Å². The molecule has 4 rings (SSSR count). The van der Waals surface area contributed by atoms with Crippen LogP contribution in [0.25, 0.3) is 11.1 Å². The van der Waals surface area contributed by atoms with Crippen LogP contribution in [0.3, 0.4) is 0 Å². The highest BCUT2D eigenvalue weighted by atomic mass is 16.5. The molecule has 2 amide bonds. The molecule has 0 aliphatic heterocycles. The average molecular weight is 465 g/mol. The first kappa shape index (κ1) is 23.7. The Morgan fingerprint density at radius 2 is 1.94 bits per heavy atom. The molecule has 0 saturated heterocycles. The maximum absolute atomic E-state index is 13.4. The van der Waals surface area contributed by atoms with Crippen LogP contribution in [-0.4, -0.2) is 37.8 Å². The zero-order chi connectivity index (χ0) is 24.2. The summed E-state index contributed by atoms with van der Waals surface area (Å²) >= 11 is 0. The molecule has 1 atom stereocenters. The number of carbonyl (C=O) groups excluding carboxylic acids is 2. The van der Waals surface area contributed by atoms with Crippen molar-refractivity contribution in [1.29, 1.82) is 0 Å². The van der Waals surface area contributed by atoms with Crippen LogP contribution in [0.5, 0.6) is 0 Å². The SMILES string of the molecule is CCn1nccc1C(=O)NC(C(=O)Nc1ccc(-c2c(C)noc2C)cn1)C1CCC(C)CC1. The maximum atomic E-state index is 13.4. The zero-order valence-corrected chi connectivity index (χ0v) is 20.2. The van der Waals surface area contributed by atoms with Crippen LogP contribution in [0, 0.1) is 25.7 Å². The first-order valence-electron chi connectivity index (χ1n) is 11.9. The van der Waals surface area contributed by atoms with Gasteiger partial charge >= 0.3 is 0 Å². The number of aromatic nitrogens is 4. The van der Waals surface area contributed by atoms with E-state index in [0.717, 1.165) is 48.3 Å². The topological polar surface area (TPSA) is 115 Å². The van der Waals surface area contributed by atoms with Gasteiger partial charge in [0.05, 0.1) is 5.69 Å². The smallest absolute Gasteiger partial charge is 0.270 e. The number of nitrogens with zero attached hydrogens (tertiary/aromatic N) is 4. The minimum atomic E-state index is -0.649. The molecule has 180 valence electrons. The van der Waals surface area contributed by atoms with E-state index in [2.05, 4.69) is 32.8 Å². The molecule has 3 heterocycles. The van der Waals surface area contributed by atoms with Gasteiger partial charge in [-0.15, -0.1) is 0 Å². The third-order valence-corrected chi connectivity index (χ3v) is 6.69. The Kier molecular flexibility index (Phi) is 7.09. The van der Waals surface area contributed by atoms with Crippen LogP contribution >= 0.6 is 0 Å². The van der Waals surface area contributed by atoms with Crippen molar-refractivity contribution in [3.05, 3.63) is 47.7 Å². The van der Waals surface area contributed by atoms with Crippen molar-refractivity contribution in [3.8, 4) is 11.1 Å². The van der Waals surface area contributed by atoms with Crippen LogP contribution in [-0.2, 0) is 11.3 Å². The fourth-order valence-corrected chi connectivity index (χ4v) is 4.72. The Bertz CT molecular complexity index is 1120. The van der Waals surface area contributed by atoms with Crippen LogP contribution in [0.15, 0.2) is 35.1 Å². The van der Waals surface area contributed by atoms with Crippen LogP contribution in [0.1, 0.15) is 61.5 Å². The lowest BCUT2D eigenvalue weighted by Gasteiger charge is -2.32. The predicted molar refractivity (Wildman–Crippen MR) is 128 cm³/mol. The van der Waals surface area contributed by atoms with Gasteiger partial charge < -0.3 is 15.2 Å². The lowest BCUT2D eigenvalue weighted by molar-refractivity contribution is -0.119. The Morgan fingerprint density at radius 3 is 2.56 bits per heavy atom. The highest BCUT2D eigenvalue weighted by Gasteiger charge is 2.33. The van der Waals surface area contributed by atoms with Gasteiger partial charge in [-0.25, -0.2) is 4.98 Å². The summed E-state index contributed by atoms with van der Waals surface area (Å²) in [6.45, 7) is 8.47. The molecular weight excluding hydrogens is 432 g/mol. The van der Waals surface area contributed by atoms with Crippen molar-refractivity contribution in [2.75, 3.05) is 5.32 Å². The number of amides is 2. The van der Waals surface area contributed by atoms with Gasteiger partial charge in [-0.1, -0.05) is 24.9 Å². The van der Waals surface area contributed by atoms with E-state index < -0.39 is 6.04 Å². The van der Waals surface area contributed by atoms with E-state index in [9.17, 15) is 9.59 Å². The van der Waals surface area contributed by atoms with Gasteiger partial charge in [0.2, 0.25) is 5.91 Å². The van der Waals surface area contributed by atoms with E-state index >= 15 is 0 Å². The molecular formula is C25H32N6O3. The van der Waals surface area contributed by atoms with Gasteiger partial charge in [0.1, 0.15) is 23.3 Å². The highest BCUT2D eigenvalue weighted by molar-refractivity contribution is 6.00. The molecule has 2 N–H and O–H groups in total. The molecule has 9 nitrogen and oxygen atoms in total. The summed E-state index contributed by atoms with van der Waals surface area (Å²) in [6.07, 6.45) is 7.16. The van der Waals surface area contributed by atoms with Crippen molar-refractivity contribution in [3.63, 3.8) is 0 Å². The molecule has 1 saturated carbocycles. The number of hydrogen-bond donors (Lipinski definition) is 2. The molecule has 1 aliphatic carbocycles. The quantitative estimate of drug-likeness (QED) is 0.543. The molecule has 0 aromatic carbocycles. The largest absolute Gasteiger partial charge is 0.361 e. The van der Waals surface area contributed by atoms with Gasteiger partial charge in [-0.2, -0.15) is 5.10 Å². The van der Waals surface area contributed by atoms with Crippen LogP contribution in [0.2, 0.25) is 0 Å². The minimum absolute atomic E-state index is 0.0692. The second-order valence-corrected chi connectivity index (χ2v) is 9.12. The summed E-state index contributed by atoms with van der Waals surface area (Å²) in [7, 11) is 0. The van der Waals surface area contributed by atoms with E-state index in [0.29, 0.717) is 24.0 Å². The lowest BCUT2D eigenvalue weighted by atomic mass is 9.79. The molecule has 0 radical (unpaired) electrons. The van der Waals surface area contributed by atoms with Crippen molar-refractivity contribution >= 4 is 17.6 Å². The highest BCUT2D eigenvalue weighted by Crippen LogP contribution is 2.31. The van der Waals surface area contributed by atoms with Crippen molar-refractivity contribution < 1.29 is 14.1 Å². The lowest BCUT2D eigenvalue weighted by Crippen LogP contribution is -2.49. The number of hydrogen-bond acceptors (Lipinski definition) is 6. The summed E-state index contributed by atoms with van der Waals surface area (Å²) in [4.78, 5) is 30.8. The van der Waals surface area contributed by atoms with E-state index in [1.807, 2.05) is 26.8 Å². The Morgan fingerprint density at radius 1 is 1.18 bits per heavy atom. The van der Waals surface area contributed by atoms with Crippen LogP contribution in [0.4, 0.5) is 5.82 Å². The molecule has 0 spiro atoms. The van der Waals surface area contributed by atoms with E-state index in [-0.39, 0.29) is 17.7 Å². The summed E-state index contributed by atoms with van der Waals surface area (Å²) < 4.78 is 6.87. The van der Waals surface area contributed by atoms with Crippen LogP contribution < -0.4 is 10.6 Å². The summed E-state index contributed by atoms with van der Waals surface area (Å²) in [5.74, 6) is 1.31. The van der Waals surface area contributed by atoms with Gasteiger partial charge in [-0.3, -0.25) is 14.3 Å². The van der Waals surface area contributed by atoms with E-state index in [1.54, 1.807) is 29.2 Å². The fourth-order valence-electron chi connectivity index (χ4n) is 4.72. The zero-order valence-electron chi connectivity index (χ0n) is 20.2. The van der Waals surface area contributed by atoms with Crippen molar-refractivity contribution in [2.45, 2.75) is 66.0 Å². The molecule has 3 aromatic heterocycles. The van der Waals surface area contributed by atoms with Crippen molar-refractivity contribution in [2.24, 2.45) is 11.8 Å². The van der Waals surface area contributed by atoms with E-state index in [1.165, 1.54) is 0 Å². The number of pyridine rings is 1. The van der Waals surface area contributed by atoms with Gasteiger partial charge in [-0.05, 0) is 63.6 Å². The fraction of sp³-hybridized carbons (Fsp3) is 0.480. The second kappa shape index (κ2) is 10.2. The third-order valence-electron chi connectivity index (χ3n) is 6.69. The second-order valence-electron chi connectivity index (χ2n) is 9.12.